The Morgan fingerprint density at radius 1 is 1.55 bits per heavy atom. The third kappa shape index (κ3) is 2.89. The first-order valence-corrected chi connectivity index (χ1v) is 7.47. The van der Waals surface area contributed by atoms with Gasteiger partial charge in [0.05, 0.1) is 5.52 Å². The number of carbonyl (C=O) groups excluding carboxylic acids is 1. The van der Waals surface area contributed by atoms with Crippen molar-refractivity contribution < 1.29 is 4.79 Å². The lowest BCUT2D eigenvalue weighted by Crippen LogP contribution is -2.47. The minimum atomic E-state index is -0.212. The number of aryl methyl sites for hydroxylation is 1. The van der Waals surface area contributed by atoms with Crippen LogP contribution in [0.1, 0.15) is 25.6 Å². The molecule has 22 heavy (non-hydrogen) atoms. The number of pyridine rings is 1. The summed E-state index contributed by atoms with van der Waals surface area (Å²) in [7, 11) is 0. The van der Waals surface area contributed by atoms with Gasteiger partial charge in [0.15, 0.2) is 5.82 Å². The van der Waals surface area contributed by atoms with E-state index in [1.54, 1.807) is 13.1 Å². The fourth-order valence-corrected chi connectivity index (χ4v) is 2.90. The molecule has 3 rings (SSSR count). The Hall–Kier alpha value is -2.55. The van der Waals surface area contributed by atoms with Gasteiger partial charge < -0.3 is 15.2 Å². The molecule has 2 N–H and O–H groups in total. The normalized spacial score (nSPS) is 17.9. The standard InChI is InChI=1S/C16H19N5O/c1-3-5-14(22)20-12-6-4-9-21(10-12)16-15-13(7-8-17-16)18-11(2)19-15/h7-8,12H,4,6,9-10H2,1-2H3,(H,18,19)(H,20,22)/t12-/m0/s1. The topological polar surface area (TPSA) is 73.9 Å². The maximum absolute atomic E-state index is 11.6. The molecule has 0 bridgehead atoms. The first kappa shape index (κ1) is 14.4. The zero-order valence-electron chi connectivity index (χ0n) is 12.8. The maximum atomic E-state index is 11.6. The molecule has 0 spiro atoms. The predicted octanol–water partition coefficient (Wildman–Crippen LogP) is 1.37. The average molecular weight is 297 g/mol. The summed E-state index contributed by atoms with van der Waals surface area (Å²) in [5.41, 5.74) is 1.88. The van der Waals surface area contributed by atoms with Gasteiger partial charge in [-0.05, 0) is 38.7 Å². The van der Waals surface area contributed by atoms with Crippen LogP contribution in [0.4, 0.5) is 5.82 Å². The molecule has 1 saturated heterocycles. The Kier molecular flexibility index (Phi) is 3.96. The van der Waals surface area contributed by atoms with Crippen molar-refractivity contribution in [2.24, 2.45) is 0 Å². The van der Waals surface area contributed by atoms with Crippen LogP contribution in [0.2, 0.25) is 0 Å². The third-order valence-corrected chi connectivity index (χ3v) is 3.79. The van der Waals surface area contributed by atoms with E-state index in [0.717, 1.165) is 48.6 Å². The van der Waals surface area contributed by atoms with Gasteiger partial charge in [-0.1, -0.05) is 5.92 Å². The van der Waals surface area contributed by atoms with Crippen LogP contribution in [0.15, 0.2) is 12.3 Å². The molecule has 0 saturated carbocycles. The van der Waals surface area contributed by atoms with E-state index in [0.29, 0.717) is 0 Å². The molecule has 0 unspecified atom stereocenters. The van der Waals surface area contributed by atoms with Gasteiger partial charge in [-0.3, -0.25) is 4.79 Å². The van der Waals surface area contributed by atoms with Crippen molar-refractivity contribution in [3.05, 3.63) is 18.1 Å². The molecular formula is C16H19N5O. The molecule has 1 amide bonds. The number of nitrogens with one attached hydrogen (secondary N) is 2. The lowest BCUT2D eigenvalue weighted by molar-refractivity contribution is -0.116. The molecule has 114 valence electrons. The first-order chi connectivity index (χ1) is 10.7. The molecule has 1 fully saturated rings. The number of H-pyrrole nitrogens is 1. The lowest BCUT2D eigenvalue weighted by atomic mass is 10.1. The summed E-state index contributed by atoms with van der Waals surface area (Å²) in [5.74, 6) is 6.70. The van der Waals surface area contributed by atoms with E-state index < -0.39 is 0 Å². The number of imidazole rings is 1. The summed E-state index contributed by atoms with van der Waals surface area (Å²) in [5, 5.41) is 2.96. The fourth-order valence-electron chi connectivity index (χ4n) is 2.90. The summed E-state index contributed by atoms with van der Waals surface area (Å²) in [4.78, 5) is 26.1. The van der Waals surface area contributed by atoms with Crippen molar-refractivity contribution in [1.29, 1.82) is 0 Å². The highest BCUT2D eigenvalue weighted by atomic mass is 16.1. The van der Waals surface area contributed by atoms with Gasteiger partial charge in [-0.25, -0.2) is 9.97 Å². The number of amides is 1. The van der Waals surface area contributed by atoms with Crippen LogP contribution < -0.4 is 10.2 Å². The van der Waals surface area contributed by atoms with Gasteiger partial charge in [0.2, 0.25) is 0 Å². The molecule has 6 heteroatoms. The van der Waals surface area contributed by atoms with Gasteiger partial charge in [0.1, 0.15) is 11.3 Å². The predicted molar refractivity (Wildman–Crippen MR) is 85.5 cm³/mol. The van der Waals surface area contributed by atoms with E-state index in [-0.39, 0.29) is 11.9 Å². The average Bonchev–Trinajstić information content (AvgIpc) is 2.87. The molecule has 0 aromatic carbocycles. The first-order valence-electron chi connectivity index (χ1n) is 7.47. The molecule has 0 radical (unpaired) electrons. The van der Waals surface area contributed by atoms with Crippen molar-refractivity contribution in [1.82, 2.24) is 20.3 Å². The highest BCUT2D eigenvalue weighted by Gasteiger charge is 2.23. The van der Waals surface area contributed by atoms with E-state index in [9.17, 15) is 4.79 Å². The van der Waals surface area contributed by atoms with Crippen LogP contribution in [0, 0.1) is 18.8 Å². The molecule has 2 aromatic heterocycles. The number of aromatic amines is 1. The molecular weight excluding hydrogens is 278 g/mol. The Balaban J connectivity index is 1.81. The van der Waals surface area contributed by atoms with Crippen molar-refractivity contribution in [3.63, 3.8) is 0 Å². The van der Waals surface area contributed by atoms with E-state index in [1.807, 2.05) is 13.0 Å². The summed E-state index contributed by atoms with van der Waals surface area (Å²) in [6.45, 7) is 5.25. The van der Waals surface area contributed by atoms with Gasteiger partial charge in [-0.15, -0.1) is 0 Å². The van der Waals surface area contributed by atoms with Crippen molar-refractivity contribution in [2.45, 2.75) is 32.7 Å². The van der Waals surface area contributed by atoms with Crippen LogP contribution in [-0.2, 0) is 4.79 Å². The highest BCUT2D eigenvalue weighted by Crippen LogP contribution is 2.25. The van der Waals surface area contributed by atoms with E-state index in [2.05, 4.69) is 37.0 Å². The molecule has 1 aliphatic rings. The lowest BCUT2D eigenvalue weighted by Gasteiger charge is -2.33. The number of anilines is 1. The number of rotatable bonds is 2. The highest BCUT2D eigenvalue weighted by molar-refractivity contribution is 5.93. The number of hydrogen-bond donors (Lipinski definition) is 2. The second kappa shape index (κ2) is 6.06. The van der Waals surface area contributed by atoms with Crippen LogP contribution in [0.3, 0.4) is 0 Å². The Bertz CT molecular complexity index is 755. The second-order valence-corrected chi connectivity index (χ2v) is 5.49. The van der Waals surface area contributed by atoms with E-state index in [4.69, 9.17) is 0 Å². The van der Waals surface area contributed by atoms with Gasteiger partial charge in [0, 0.05) is 25.3 Å². The smallest absolute Gasteiger partial charge is 0.296 e. The summed E-state index contributed by atoms with van der Waals surface area (Å²) >= 11 is 0. The minimum Gasteiger partial charge on any atom is -0.353 e. The molecule has 6 nitrogen and oxygen atoms in total. The Morgan fingerprint density at radius 3 is 3.23 bits per heavy atom. The number of carbonyl (C=O) groups is 1. The van der Waals surface area contributed by atoms with E-state index >= 15 is 0 Å². The zero-order chi connectivity index (χ0) is 15.5. The van der Waals surface area contributed by atoms with Crippen LogP contribution >= 0.6 is 0 Å². The summed E-state index contributed by atoms with van der Waals surface area (Å²) in [6, 6.07) is 2.03. The zero-order valence-corrected chi connectivity index (χ0v) is 12.8. The van der Waals surface area contributed by atoms with Gasteiger partial charge in [0.25, 0.3) is 5.91 Å². The Labute approximate surface area is 129 Å². The third-order valence-electron chi connectivity index (χ3n) is 3.79. The van der Waals surface area contributed by atoms with Crippen molar-refractivity contribution in [2.75, 3.05) is 18.0 Å². The fraction of sp³-hybridized carbons (Fsp3) is 0.438. The number of nitrogens with zero attached hydrogens (tertiary/aromatic N) is 3. The maximum Gasteiger partial charge on any atom is 0.296 e. The quantitative estimate of drug-likeness (QED) is 0.821. The largest absolute Gasteiger partial charge is 0.353 e. The molecule has 2 aromatic rings. The van der Waals surface area contributed by atoms with Crippen molar-refractivity contribution >= 4 is 22.8 Å². The van der Waals surface area contributed by atoms with Crippen molar-refractivity contribution in [3.8, 4) is 11.8 Å². The van der Waals surface area contributed by atoms with E-state index in [1.165, 1.54) is 0 Å². The Morgan fingerprint density at radius 2 is 2.41 bits per heavy atom. The summed E-state index contributed by atoms with van der Waals surface area (Å²) < 4.78 is 0. The monoisotopic (exact) mass is 297 g/mol. The number of piperidine rings is 1. The molecule has 0 aliphatic carbocycles. The number of fused-ring (bicyclic) bond motifs is 1. The van der Waals surface area contributed by atoms with Crippen LogP contribution in [0.5, 0.6) is 0 Å². The molecule has 3 heterocycles. The minimum absolute atomic E-state index is 0.0965. The van der Waals surface area contributed by atoms with Crippen LogP contribution in [-0.4, -0.2) is 40.0 Å². The van der Waals surface area contributed by atoms with Gasteiger partial charge >= 0.3 is 0 Å². The number of aromatic nitrogens is 3. The molecule has 1 atom stereocenters. The SMILES string of the molecule is CC#CC(=O)N[C@H]1CCCN(c2nccc3[nH]c(C)nc23)C1. The van der Waals surface area contributed by atoms with Gasteiger partial charge in [-0.2, -0.15) is 0 Å². The summed E-state index contributed by atoms with van der Waals surface area (Å²) in [6.07, 6.45) is 3.76. The number of hydrogen-bond acceptors (Lipinski definition) is 4. The van der Waals surface area contributed by atoms with Crippen LogP contribution in [0.25, 0.3) is 11.0 Å². The molecule has 1 aliphatic heterocycles. The second-order valence-electron chi connectivity index (χ2n) is 5.49.